The van der Waals surface area contributed by atoms with E-state index in [1.54, 1.807) is 12.3 Å². The van der Waals surface area contributed by atoms with Gasteiger partial charge in [0.1, 0.15) is 0 Å². The van der Waals surface area contributed by atoms with Crippen molar-refractivity contribution < 1.29 is 9.66 Å². The number of non-ortho nitro benzene ring substituents is 1. The number of hydrogen-bond acceptors (Lipinski definition) is 6. The molecule has 1 heterocycles. The lowest BCUT2D eigenvalue weighted by Gasteiger charge is -2.29. The first kappa shape index (κ1) is 18.2. The van der Waals surface area contributed by atoms with Gasteiger partial charge in [-0.15, -0.1) is 0 Å². The number of rotatable bonds is 6. The highest BCUT2D eigenvalue weighted by Crippen LogP contribution is 2.25. The molecule has 1 N–H and O–H groups in total. The smallest absolute Gasteiger partial charge is 0.270 e. The van der Waals surface area contributed by atoms with E-state index in [-0.39, 0.29) is 5.69 Å². The highest BCUT2D eigenvalue weighted by Gasteiger charge is 2.17. The van der Waals surface area contributed by atoms with Gasteiger partial charge in [-0.05, 0) is 23.8 Å². The molecular weight excluding hydrogens is 356 g/mol. The minimum absolute atomic E-state index is 0.0427. The number of nitro groups is 1. The Morgan fingerprint density at radius 1 is 1.23 bits per heavy atom. The van der Waals surface area contributed by atoms with Crippen molar-refractivity contribution >= 4 is 29.2 Å². The van der Waals surface area contributed by atoms with Crippen molar-refractivity contribution in [3.05, 3.63) is 68.7 Å². The molecule has 0 unspecified atom stereocenters. The molecule has 0 saturated carbocycles. The topological polar surface area (TPSA) is 80.0 Å². The Morgan fingerprint density at radius 3 is 2.65 bits per heavy atom. The molecule has 0 aromatic heterocycles. The molecule has 1 aliphatic heterocycles. The molecule has 2 aromatic carbocycles. The Morgan fingerprint density at radius 2 is 1.96 bits per heavy atom. The van der Waals surface area contributed by atoms with Crippen LogP contribution in [0.25, 0.3) is 0 Å². The van der Waals surface area contributed by atoms with Crippen LogP contribution in [0.5, 0.6) is 0 Å². The zero-order chi connectivity index (χ0) is 18.4. The predicted octanol–water partition coefficient (Wildman–Crippen LogP) is 3.21. The van der Waals surface area contributed by atoms with Gasteiger partial charge in [-0.25, -0.2) is 0 Å². The van der Waals surface area contributed by atoms with Gasteiger partial charge in [0.15, 0.2) is 0 Å². The highest BCUT2D eigenvalue weighted by molar-refractivity contribution is 6.30. The maximum Gasteiger partial charge on any atom is 0.270 e. The van der Waals surface area contributed by atoms with E-state index in [1.807, 2.05) is 24.3 Å². The second kappa shape index (κ2) is 8.64. The second-order valence-corrected chi connectivity index (χ2v) is 6.26. The molecule has 136 valence electrons. The van der Waals surface area contributed by atoms with Crippen LogP contribution in [0.4, 0.5) is 11.4 Å². The van der Waals surface area contributed by atoms with Gasteiger partial charge >= 0.3 is 0 Å². The van der Waals surface area contributed by atoms with E-state index in [2.05, 4.69) is 15.4 Å². The van der Waals surface area contributed by atoms with Crippen molar-refractivity contribution in [3.63, 3.8) is 0 Å². The van der Waals surface area contributed by atoms with Gasteiger partial charge < -0.3 is 15.1 Å². The van der Waals surface area contributed by atoms with Gasteiger partial charge in [-0.3, -0.25) is 10.1 Å². The van der Waals surface area contributed by atoms with Crippen molar-refractivity contribution in [2.75, 3.05) is 31.2 Å². The van der Waals surface area contributed by atoms with E-state index in [4.69, 9.17) is 16.3 Å². The Labute approximate surface area is 156 Å². The molecule has 1 saturated heterocycles. The third-order valence-electron chi connectivity index (χ3n) is 4.07. The zero-order valence-corrected chi connectivity index (χ0v) is 14.9. The van der Waals surface area contributed by atoms with Crippen LogP contribution >= 0.6 is 11.6 Å². The second-order valence-electron chi connectivity index (χ2n) is 5.82. The van der Waals surface area contributed by atoms with Gasteiger partial charge in [0.25, 0.3) is 5.69 Å². The fourth-order valence-corrected chi connectivity index (χ4v) is 2.83. The summed E-state index contributed by atoms with van der Waals surface area (Å²) in [6.45, 7) is 3.31. The summed E-state index contributed by atoms with van der Waals surface area (Å²) < 4.78 is 5.37. The van der Waals surface area contributed by atoms with Crippen molar-refractivity contribution in [1.29, 1.82) is 0 Å². The van der Waals surface area contributed by atoms with Gasteiger partial charge in [-0.2, -0.15) is 5.10 Å². The summed E-state index contributed by atoms with van der Waals surface area (Å²) in [6.07, 6.45) is 1.62. The summed E-state index contributed by atoms with van der Waals surface area (Å²) >= 11 is 5.87. The number of halogens is 1. The zero-order valence-electron chi connectivity index (χ0n) is 14.1. The quantitative estimate of drug-likeness (QED) is 0.477. The Bertz CT molecular complexity index is 790. The van der Waals surface area contributed by atoms with E-state index in [1.165, 1.54) is 12.1 Å². The molecular formula is C18H19ClN4O3. The molecule has 3 rings (SSSR count). The lowest BCUT2D eigenvalue weighted by atomic mass is 10.1. The third kappa shape index (κ3) is 4.71. The van der Waals surface area contributed by atoms with E-state index >= 15 is 0 Å². The van der Waals surface area contributed by atoms with Crippen LogP contribution in [0.3, 0.4) is 0 Å². The number of ether oxygens (including phenoxy) is 1. The van der Waals surface area contributed by atoms with Crippen LogP contribution in [0.2, 0.25) is 5.02 Å². The average molecular weight is 375 g/mol. The van der Waals surface area contributed by atoms with Crippen LogP contribution in [0, 0.1) is 10.1 Å². The minimum atomic E-state index is -0.401. The molecule has 7 nitrogen and oxygen atoms in total. The van der Waals surface area contributed by atoms with Crippen molar-refractivity contribution in [2.24, 2.45) is 5.10 Å². The largest absolute Gasteiger partial charge is 0.378 e. The monoisotopic (exact) mass is 374 g/mol. The fraction of sp³-hybridized carbons (Fsp3) is 0.278. The summed E-state index contributed by atoms with van der Waals surface area (Å²) in [6, 6.07) is 12.3. The highest BCUT2D eigenvalue weighted by atomic mass is 35.5. The first-order valence-electron chi connectivity index (χ1n) is 8.25. The Hall–Kier alpha value is -2.64. The first-order chi connectivity index (χ1) is 12.6. The molecule has 0 spiro atoms. The number of nitro benzene ring substituents is 1. The molecule has 1 aliphatic rings. The van der Waals surface area contributed by atoms with Gasteiger partial charge in [0.05, 0.1) is 30.9 Å². The molecule has 2 aromatic rings. The molecule has 8 heteroatoms. The van der Waals surface area contributed by atoms with Crippen molar-refractivity contribution in [3.8, 4) is 0 Å². The number of nitrogens with one attached hydrogen (secondary N) is 1. The van der Waals surface area contributed by atoms with Crippen LogP contribution in [0.1, 0.15) is 11.1 Å². The van der Waals surface area contributed by atoms with Gasteiger partial charge in [0, 0.05) is 41.5 Å². The number of benzene rings is 2. The number of anilines is 1. The molecule has 0 atom stereocenters. The molecule has 26 heavy (non-hydrogen) atoms. The molecule has 0 radical (unpaired) electrons. The van der Waals surface area contributed by atoms with E-state index in [0.717, 1.165) is 24.3 Å². The standard InChI is InChI=1S/C18H19ClN4O3/c19-16-3-1-14(2-4-16)12-20-21-13-15-11-17(23(24)25)5-6-18(15)22-7-9-26-10-8-22/h1-6,11,13,20H,7-10,12H2/b21-13-. The summed E-state index contributed by atoms with van der Waals surface area (Å²) in [5, 5.41) is 16.0. The van der Waals surface area contributed by atoms with Crippen molar-refractivity contribution in [2.45, 2.75) is 6.54 Å². The Kier molecular flexibility index (Phi) is 6.04. The number of hydrazone groups is 1. The number of hydrogen-bond donors (Lipinski definition) is 1. The summed E-state index contributed by atoms with van der Waals surface area (Å²) in [4.78, 5) is 12.8. The number of morpholine rings is 1. The lowest BCUT2D eigenvalue weighted by Crippen LogP contribution is -2.36. The maximum absolute atomic E-state index is 11.1. The van der Waals surface area contributed by atoms with E-state index in [0.29, 0.717) is 30.3 Å². The third-order valence-corrected chi connectivity index (χ3v) is 4.32. The SMILES string of the molecule is O=[N+]([O-])c1ccc(N2CCOCC2)c(/C=N\NCc2ccc(Cl)cc2)c1. The summed E-state index contributed by atoms with van der Waals surface area (Å²) in [5.74, 6) is 0. The van der Waals surface area contributed by atoms with Crippen LogP contribution in [0.15, 0.2) is 47.6 Å². The molecule has 0 amide bonds. The van der Waals surface area contributed by atoms with Crippen molar-refractivity contribution in [1.82, 2.24) is 5.43 Å². The normalized spacial score (nSPS) is 14.6. The van der Waals surface area contributed by atoms with E-state index in [9.17, 15) is 10.1 Å². The molecule has 0 aliphatic carbocycles. The fourth-order valence-electron chi connectivity index (χ4n) is 2.71. The van der Waals surface area contributed by atoms with Crippen LogP contribution in [-0.2, 0) is 11.3 Å². The minimum Gasteiger partial charge on any atom is -0.378 e. The number of nitrogens with zero attached hydrogens (tertiary/aromatic N) is 3. The maximum atomic E-state index is 11.1. The molecule has 1 fully saturated rings. The van der Waals surface area contributed by atoms with Gasteiger partial charge in [0.2, 0.25) is 0 Å². The summed E-state index contributed by atoms with van der Waals surface area (Å²) in [7, 11) is 0. The van der Waals surface area contributed by atoms with Gasteiger partial charge in [-0.1, -0.05) is 23.7 Å². The van der Waals surface area contributed by atoms with E-state index < -0.39 is 4.92 Å². The summed E-state index contributed by atoms with van der Waals surface area (Å²) in [5.41, 5.74) is 5.66. The Balaban J connectivity index is 1.73. The van der Waals surface area contributed by atoms with Crippen LogP contribution in [-0.4, -0.2) is 37.4 Å². The molecule has 0 bridgehead atoms. The average Bonchev–Trinajstić information content (AvgIpc) is 2.67. The first-order valence-corrected chi connectivity index (χ1v) is 8.63. The van der Waals surface area contributed by atoms with Crippen LogP contribution < -0.4 is 10.3 Å². The lowest BCUT2D eigenvalue weighted by molar-refractivity contribution is -0.384. The predicted molar refractivity (Wildman–Crippen MR) is 102 cm³/mol.